The Hall–Kier alpha value is -2.54. The smallest absolute Gasteiger partial charge is 0.136 e. The minimum absolute atomic E-state index is 0.344. The Balaban J connectivity index is 1.22. The molecule has 0 unspecified atom stereocenters. The SMILES string of the molecule is COc1ccccc1CCOC1CCC(NC2=NCN(C)c3[nH]ncc32)CC1. The van der Waals surface area contributed by atoms with Gasteiger partial charge in [-0.2, -0.15) is 5.10 Å². The third-order valence-corrected chi connectivity index (χ3v) is 5.63. The zero-order valence-electron chi connectivity index (χ0n) is 16.6. The zero-order chi connectivity index (χ0) is 19.3. The second-order valence-corrected chi connectivity index (χ2v) is 7.53. The van der Waals surface area contributed by atoms with E-state index in [1.54, 1.807) is 7.11 Å². The number of methoxy groups -OCH3 is 1. The molecule has 2 heterocycles. The number of para-hydroxylation sites is 1. The summed E-state index contributed by atoms with van der Waals surface area (Å²) in [5.74, 6) is 2.93. The first-order chi connectivity index (χ1) is 13.7. The van der Waals surface area contributed by atoms with Gasteiger partial charge in [0.2, 0.25) is 0 Å². The molecule has 0 radical (unpaired) electrons. The van der Waals surface area contributed by atoms with E-state index in [0.29, 0.717) is 18.8 Å². The second-order valence-electron chi connectivity index (χ2n) is 7.53. The zero-order valence-corrected chi connectivity index (χ0v) is 16.6. The lowest BCUT2D eigenvalue weighted by molar-refractivity contribution is 0.0255. The average molecular weight is 383 g/mol. The quantitative estimate of drug-likeness (QED) is 0.802. The highest BCUT2D eigenvalue weighted by Crippen LogP contribution is 2.25. The normalized spacial score (nSPS) is 21.8. The van der Waals surface area contributed by atoms with Crippen LogP contribution in [0.3, 0.4) is 0 Å². The number of aromatic amines is 1. The highest BCUT2D eigenvalue weighted by molar-refractivity contribution is 6.04. The van der Waals surface area contributed by atoms with E-state index >= 15 is 0 Å². The first-order valence-corrected chi connectivity index (χ1v) is 10.0. The van der Waals surface area contributed by atoms with E-state index in [2.05, 4.69) is 31.5 Å². The fraction of sp³-hybridized carbons (Fsp3) is 0.524. The Kier molecular flexibility index (Phi) is 5.81. The molecule has 2 aromatic rings. The van der Waals surface area contributed by atoms with E-state index in [0.717, 1.165) is 61.7 Å². The summed E-state index contributed by atoms with van der Waals surface area (Å²) >= 11 is 0. The van der Waals surface area contributed by atoms with Gasteiger partial charge in [-0.15, -0.1) is 0 Å². The Bertz CT molecular complexity index is 811. The van der Waals surface area contributed by atoms with Gasteiger partial charge in [0.25, 0.3) is 0 Å². The lowest BCUT2D eigenvalue weighted by Crippen LogP contribution is -2.42. The maximum atomic E-state index is 6.15. The monoisotopic (exact) mass is 383 g/mol. The first kappa shape index (κ1) is 18.8. The van der Waals surface area contributed by atoms with Crippen molar-refractivity contribution in [1.29, 1.82) is 0 Å². The third-order valence-electron chi connectivity index (χ3n) is 5.63. The second kappa shape index (κ2) is 8.65. The third kappa shape index (κ3) is 4.14. The van der Waals surface area contributed by atoms with Crippen LogP contribution in [-0.4, -0.2) is 55.6 Å². The van der Waals surface area contributed by atoms with Crippen molar-refractivity contribution in [2.45, 2.75) is 44.2 Å². The van der Waals surface area contributed by atoms with Gasteiger partial charge in [-0.3, -0.25) is 5.10 Å². The van der Waals surface area contributed by atoms with Crippen molar-refractivity contribution >= 4 is 11.7 Å². The van der Waals surface area contributed by atoms with Crippen molar-refractivity contribution in [3.05, 3.63) is 41.6 Å². The molecule has 0 saturated heterocycles. The molecule has 7 heteroatoms. The number of benzene rings is 1. The number of H-pyrrole nitrogens is 1. The van der Waals surface area contributed by atoms with Gasteiger partial charge in [-0.05, 0) is 43.7 Å². The molecule has 150 valence electrons. The van der Waals surface area contributed by atoms with E-state index in [-0.39, 0.29) is 0 Å². The van der Waals surface area contributed by atoms with Crippen LogP contribution in [0.15, 0.2) is 35.5 Å². The maximum Gasteiger partial charge on any atom is 0.136 e. The lowest BCUT2D eigenvalue weighted by Gasteiger charge is -2.31. The summed E-state index contributed by atoms with van der Waals surface area (Å²) < 4.78 is 11.6. The molecule has 28 heavy (non-hydrogen) atoms. The van der Waals surface area contributed by atoms with Crippen LogP contribution in [-0.2, 0) is 11.2 Å². The summed E-state index contributed by atoms with van der Waals surface area (Å²) in [6.45, 7) is 1.39. The molecule has 0 atom stereocenters. The molecule has 1 aliphatic heterocycles. The summed E-state index contributed by atoms with van der Waals surface area (Å²) in [5.41, 5.74) is 2.26. The van der Waals surface area contributed by atoms with Gasteiger partial charge in [0.15, 0.2) is 0 Å². The molecule has 0 bridgehead atoms. The van der Waals surface area contributed by atoms with E-state index in [4.69, 9.17) is 9.47 Å². The number of hydrogen-bond donors (Lipinski definition) is 2. The van der Waals surface area contributed by atoms with Crippen molar-refractivity contribution in [2.75, 3.05) is 32.3 Å². The number of aromatic nitrogens is 2. The summed E-state index contributed by atoms with van der Waals surface area (Å²) in [6.07, 6.45) is 7.43. The van der Waals surface area contributed by atoms with Crippen LogP contribution < -0.4 is 15.0 Å². The van der Waals surface area contributed by atoms with Gasteiger partial charge in [0, 0.05) is 13.1 Å². The summed E-state index contributed by atoms with van der Waals surface area (Å²) in [6, 6.07) is 8.60. The molecular weight excluding hydrogens is 354 g/mol. The van der Waals surface area contributed by atoms with Gasteiger partial charge in [0.05, 0.1) is 31.6 Å². The Morgan fingerprint density at radius 3 is 2.86 bits per heavy atom. The van der Waals surface area contributed by atoms with E-state index < -0.39 is 0 Å². The molecule has 1 aromatic heterocycles. The predicted octanol–water partition coefficient (Wildman–Crippen LogP) is 2.73. The molecule has 4 rings (SSSR count). The Labute approximate surface area is 166 Å². The van der Waals surface area contributed by atoms with E-state index in [9.17, 15) is 0 Å². The molecule has 1 aromatic carbocycles. The van der Waals surface area contributed by atoms with Gasteiger partial charge >= 0.3 is 0 Å². The summed E-state index contributed by atoms with van der Waals surface area (Å²) in [7, 11) is 3.74. The highest BCUT2D eigenvalue weighted by Gasteiger charge is 2.26. The van der Waals surface area contributed by atoms with Gasteiger partial charge in [-0.25, -0.2) is 4.99 Å². The minimum Gasteiger partial charge on any atom is -0.496 e. The number of ether oxygens (including phenoxy) is 2. The molecule has 1 saturated carbocycles. The fourth-order valence-corrected chi connectivity index (χ4v) is 4.01. The summed E-state index contributed by atoms with van der Waals surface area (Å²) in [5, 5.41) is 10.8. The van der Waals surface area contributed by atoms with Crippen LogP contribution in [0.1, 0.15) is 36.8 Å². The summed E-state index contributed by atoms with van der Waals surface area (Å²) in [4.78, 5) is 6.73. The lowest BCUT2D eigenvalue weighted by atomic mass is 9.92. The van der Waals surface area contributed by atoms with Crippen LogP contribution in [0.2, 0.25) is 0 Å². The van der Waals surface area contributed by atoms with Crippen LogP contribution in [0.5, 0.6) is 5.75 Å². The van der Waals surface area contributed by atoms with E-state index in [1.807, 2.05) is 31.4 Å². The van der Waals surface area contributed by atoms with Gasteiger partial charge < -0.3 is 19.7 Å². The Morgan fingerprint density at radius 2 is 2.04 bits per heavy atom. The molecule has 7 nitrogen and oxygen atoms in total. The largest absolute Gasteiger partial charge is 0.496 e. The highest BCUT2D eigenvalue weighted by atomic mass is 16.5. The molecule has 1 aliphatic carbocycles. The van der Waals surface area contributed by atoms with E-state index in [1.165, 1.54) is 5.56 Å². The van der Waals surface area contributed by atoms with Crippen LogP contribution in [0.4, 0.5) is 5.82 Å². The number of fused-ring (bicyclic) bond motifs is 1. The average Bonchev–Trinajstić information content (AvgIpc) is 3.23. The van der Waals surface area contributed by atoms with Crippen molar-refractivity contribution in [2.24, 2.45) is 4.99 Å². The minimum atomic E-state index is 0.344. The van der Waals surface area contributed by atoms with Crippen LogP contribution in [0.25, 0.3) is 0 Å². The number of amidine groups is 1. The van der Waals surface area contributed by atoms with Gasteiger partial charge in [0.1, 0.15) is 24.1 Å². The predicted molar refractivity (Wildman–Crippen MR) is 110 cm³/mol. The van der Waals surface area contributed by atoms with Crippen LogP contribution in [0, 0.1) is 0 Å². The number of rotatable bonds is 6. The number of nitrogens with one attached hydrogen (secondary N) is 2. The fourth-order valence-electron chi connectivity index (χ4n) is 4.01. The molecule has 1 fully saturated rings. The molecular formula is C21H29N5O2. The molecule has 0 spiro atoms. The standard InChI is InChI=1S/C21H29N5O2/c1-26-14-22-20(18-13-23-25-21(18)26)24-16-7-9-17(10-8-16)28-12-11-15-5-3-4-6-19(15)27-2/h3-6,13,16-17H,7-12,14H2,1-2H3,(H,22,24)(H,23,25). The number of aliphatic imine (C=N–C) groups is 1. The van der Waals surface area contributed by atoms with Crippen molar-refractivity contribution in [3.63, 3.8) is 0 Å². The van der Waals surface area contributed by atoms with Crippen molar-refractivity contribution < 1.29 is 9.47 Å². The number of hydrogen-bond acceptors (Lipinski definition) is 6. The Morgan fingerprint density at radius 1 is 1.21 bits per heavy atom. The first-order valence-electron chi connectivity index (χ1n) is 10.0. The number of nitrogens with zero attached hydrogens (tertiary/aromatic N) is 3. The maximum absolute atomic E-state index is 6.15. The van der Waals surface area contributed by atoms with Gasteiger partial charge in [-0.1, -0.05) is 18.2 Å². The van der Waals surface area contributed by atoms with Crippen LogP contribution >= 0.6 is 0 Å². The number of anilines is 1. The van der Waals surface area contributed by atoms with Crippen molar-refractivity contribution in [3.8, 4) is 5.75 Å². The van der Waals surface area contributed by atoms with Crippen molar-refractivity contribution in [1.82, 2.24) is 15.5 Å². The molecule has 0 amide bonds. The topological polar surface area (TPSA) is 74.8 Å². The molecule has 2 aliphatic rings. The molecule has 2 N–H and O–H groups in total.